The number of hydrogen-bond acceptors (Lipinski definition) is 5. The molecule has 3 atom stereocenters. The third-order valence-electron chi connectivity index (χ3n) is 9.11. The highest BCUT2D eigenvalue weighted by atomic mass is 16.5. The molecule has 0 unspecified atom stereocenters. The van der Waals surface area contributed by atoms with Gasteiger partial charge in [-0.25, -0.2) is 0 Å². The Balaban J connectivity index is 1.69. The summed E-state index contributed by atoms with van der Waals surface area (Å²) >= 11 is 0. The molecule has 1 saturated carbocycles. The molecule has 0 spiro atoms. The zero-order chi connectivity index (χ0) is 25.9. The van der Waals surface area contributed by atoms with Gasteiger partial charge in [-0.15, -0.1) is 10.2 Å². The van der Waals surface area contributed by atoms with E-state index in [0.717, 1.165) is 19.3 Å². The third-order valence-corrected chi connectivity index (χ3v) is 9.11. The van der Waals surface area contributed by atoms with Crippen LogP contribution in [0.2, 0.25) is 0 Å². The van der Waals surface area contributed by atoms with E-state index in [1.807, 2.05) is 0 Å². The fraction of sp³-hybridized carbons (Fsp3) is 0.467. The fourth-order valence-electron chi connectivity index (χ4n) is 7.44. The maximum absolute atomic E-state index is 13.5. The molecule has 7 heteroatoms. The molecule has 0 amide bonds. The second-order valence-electron chi connectivity index (χ2n) is 11.5. The Hall–Kier alpha value is -3.48. The second-order valence-corrected chi connectivity index (χ2v) is 11.5. The highest BCUT2D eigenvalue weighted by molar-refractivity contribution is 5.96. The molecule has 4 aromatic rings. The third kappa shape index (κ3) is 3.39. The molecule has 2 aliphatic carbocycles. The number of ether oxygens (including phenoxy) is 1. The number of benzene rings is 2. The lowest BCUT2D eigenvalue weighted by Gasteiger charge is -2.54. The Morgan fingerprint density at radius 2 is 1.95 bits per heavy atom. The molecule has 0 saturated heterocycles. The van der Waals surface area contributed by atoms with Gasteiger partial charge in [0, 0.05) is 34.3 Å². The fourth-order valence-corrected chi connectivity index (χ4v) is 7.44. The summed E-state index contributed by atoms with van der Waals surface area (Å²) in [5.74, 6) is 0.313. The average molecular weight is 498 g/mol. The van der Waals surface area contributed by atoms with E-state index in [0.29, 0.717) is 19.0 Å². The summed E-state index contributed by atoms with van der Waals surface area (Å²) in [7, 11) is 1.53. The van der Waals surface area contributed by atoms with Gasteiger partial charge in [-0.1, -0.05) is 57.5 Å². The van der Waals surface area contributed by atoms with E-state index in [4.69, 9.17) is 4.74 Å². The molecule has 37 heavy (non-hydrogen) atoms. The van der Waals surface area contributed by atoms with Crippen LogP contribution in [-0.4, -0.2) is 37.9 Å². The molecular formula is C30H35N5O2. The lowest BCUT2D eigenvalue weighted by atomic mass is 9.49. The Morgan fingerprint density at radius 1 is 1.14 bits per heavy atom. The summed E-state index contributed by atoms with van der Waals surface area (Å²) < 4.78 is 7.90. The lowest BCUT2D eigenvalue weighted by Crippen LogP contribution is -2.50. The lowest BCUT2D eigenvalue weighted by molar-refractivity contribution is -0.157. The van der Waals surface area contributed by atoms with Crippen LogP contribution in [0.5, 0.6) is 0 Å². The standard InChI is InChI=1S/C30H35N5O2/c1-19(2)20-11-12-23-22(17-20)26-25(27-29(23,3)13-8-14-30(27,4)28(36)37-5)21-9-6-7-10-24(21)34(26)15-16-35-32-18-31-33-35/h6-7,9-12,17-19,27H,8,13-16H2,1-5H3/t27-,29-,30-/m1/s1. The molecule has 0 radical (unpaired) electrons. The number of hydrogen-bond donors (Lipinski definition) is 0. The van der Waals surface area contributed by atoms with Gasteiger partial charge in [0.1, 0.15) is 0 Å². The van der Waals surface area contributed by atoms with Gasteiger partial charge >= 0.3 is 5.97 Å². The number of carbonyl (C=O) groups excluding carboxylic acids is 1. The minimum atomic E-state index is -0.618. The summed E-state index contributed by atoms with van der Waals surface area (Å²) in [6.45, 7) is 10.3. The molecular weight excluding hydrogens is 462 g/mol. The number of rotatable bonds is 5. The van der Waals surface area contributed by atoms with Crippen LogP contribution in [0, 0.1) is 5.41 Å². The predicted molar refractivity (Wildman–Crippen MR) is 143 cm³/mol. The molecule has 1 fully saturated rings. The molecule has 192 valence electrons. The first-order valence-corrected chi connectivity index (χ1v) is 13.3. The summed E-state index contributed by atoms with van der Waals surface area (Å²) in [4.78, 5) is 15.2. The Morgan fingerprint density at radius 3 is 2.68 bits per heavy atom. The van der Waals surface area contributed by atoms with Crippen molar-refractivity contribution in [2.24, 2.45) is 5.41 Å². The monoisotopic (exact) mass is 497 g/mol. The SMILES string of the molecule is COC(=O)[C@]1(C)CCC[C@]2(C)c3ccc(C(C)C)cc3-c3c(c4ccccc4n3CCn3ncnn3)[C@@H]12. The van der Waals surface area contributed by atoms with Crippen LogP contribution in [0.15, 0.2) is 48.8 Å². The highest BCUT2D eigenvalue weighted by Crippen LogP contribution is 2.65. The zero-order valence-corrected chi connectivity index (χ0v) is 22.4. The van der Waals surface area contributed by atoms with E-state index in [1.165, 1.54) is 52.3 Å². The number of methoxy groups -OCH3 is 1. The zero-order valence-electron chi connectivity index (χ0n) is 22.4. The number of esters is 1. The van der Waals surface area contributed by atoms with E-state index in [2.05, 4.69) is 90.1 Å². The number of aromatic nitrogens is 5. The van der Waals surface area contributed by atoms with Crippen molar-refractivity contribution in [3.63, 3.8) is 0 Å². The Labute approximate surface area is 217 Å². The molecule has 6 rings (SSSR count). The molecule has 0 bridgehead atoms. The summed E-state index contributed by atoms with van der Waals surface area (Å²) in [6.07, 6.45) is 4.33. The number of aryl methyl sites for hydroxylation is 2. The van der Waals surface area contributed by atoms with E-state index < -0.39 is 5.41 Å². The van der Waals surface area contributed by atoms with Crippen LogP contribution in [-0.2, 0) is 28.0 Å². The first-order chi connectivity index (χ1) is 17.8. The van der Waals surface area contributed by atoms with Crippen molar-refractivity contribution in [2.75, 3.05) is 7.11 Å². The van der Waals surface area contributed by atoms with Gasteiger partial charge < -0.3 is 9.30 Å². The maximum atomic E-state index is 13.5. The number of fused-ring (bicyclic) bond motifs is 8. The first-order valence-electron chi connectivity index (χ1n) is 13.3. The van der Waals surface area contributed by atoms with Crippen LogP contribution in [0.4, 0.5) is 0 Å². The Kier molecular flexibility index (Phi) is 5.51. The topological polar surface area (TPSA) is 74.8 Å². The van der Waals surface area contributed by atoms with Gasteiger partial charge in [0.25, 0.3) is 0 Å². The molecule has 0 aliphatic heterocycles. The normalized spacial score (nSPS) is 24.5. The molecule has 2 heterocycles. The smallest absolute Gasteiger partial charge is 0.312 e. The van der Waals surface area contributed by atoms with E-state index in [1.54, 1.807) is 4.80 Å². The van der Waals surface area contributed by atoms with Gasteiger partial charge in [-0.2, -0.15) is 4.80 Å². The van der Waals surface area contributed by atoms with Crippen molar-refractivity contribution in [2.45, 2.75) is 77.3 Å². The first kappa shape index (κ1) is 23.9. The van der Waals surface area contributed by atoms with E-state index in [-0.39, 0.29) is 17.3 Å². The maximum Gasteiger partial charge on any atom is 0.312 e. The highest BCUT2D eigenvalue weighted by Gasteiger charge is 2.58. The van der Waals surface area contributed by atoms with Crippen molar-refractivity contribution >= 4 is 16.9 Å². The molecule has 2 aromatic carbocycles. The van der Waals surface area contributed by atoms with Crippen LogP contribution < -0.4 is 0 Å². The van der Waals surface area contributed by atoms with Crippen LogP contribution in [0.25, 0.3) is 22.2 Å². The van der Waals surface area contributed by atoms with Crippen LogP contribution in [0.3, 0.4) is 0 Å². The molecule has 2 aliphatic rings. The minimum absolute atomic E-state index is 0.00393. The molecule has 0 N–H and O–H groups in total. The van der Waals surface area contributed by atoms with Crippen molar-refractivity contribution in [1.29, 1.82) is 0 Å². The largest absolute Gasteiger partial charge is 0.469 e. The Bertz CT molecular complexity index is 1490. The number of nitrogens with zero attached hydrogens (tertiary/aromatic N) is 5. The number of tetrazole rings is 1. The molecule has 7 nitrogen and oxygen atoms in total. The minimum Gasteiger partial charge on any atom is -0.469 e. The van der Waals surface area contributed by atoms with E-state index in [9.17, 15) is 4.79 Å². The van der Waals surface area contributed by atoms with Crippen LogP contribution >= 0.6 is 0 Å². The summed E-state index contributed by atoms with van der Waals surface area (Å²) in [5, 5.41) is 13.5. The van der Waals surface area contributed by atoms with Gasteiger partial charge in [0.05, 0.1) is 24.8 Å². The van der Waals surface area contributed by atoms with Crippen molar-refractivity contribution in [3.8, 4) is 11.3 Å². The molecule has 2 aromatic heterocycles. The predicted octanol–water partition coefficient (Wildman–Crippen LogP) is 5.84. The van der Waals surface area contributed by atoms with Gasteiger partial charge in [0.2, 0.25) is 0 Å². The van der Waals surface area contributed by atoms with Crippen molar-refractivity contribution in [1.82, 2.24) is 24.8 Å². The van der Waals surface area contributed by atoms with Gasteiger partial charge in [0.15, 0.2) is 6.33 Å². The van der Waals surface area contributed by atoms with Crippen molar-refractivity contribution in [3.05, 3.63) is 65.5 Å². The van der Waals surface area contributed by atoms with Crippen LogP contribution in [0.1, 0.15) is 75.5 Å². The summed E-state index contributed by atoms with van der Waals surface area (Å²) in [5.41, 5.74) is 6.84. The van der Waals surface area contributed by atoms with Gasteiger partial charge in [-0.3, -0.25) is 4.79 Å². The quantitative estimate of drug-likeness (QED) is 0.324. The van der Waals surface area contributed by atoms with Gasteiger partial charge in [-0.05, 0) is 59.7 Å². The van der Waals surface area contributed by atoms with E-state index >= 15 is 0 Å². The van der Waals surface area contributed by atoms with Crippen molar-refractivity contribution < 1.29 is 9.53 Å². The number of para-hydroxylation sites is 1. The summed E-state index contributed by atoms with van der Waals surface area (Å²) in [6, 6.07) is 15.7. The second kappa shape index (κ2) is 8.54. The average Bonchev–Trinajstić information content (AvgIpc) is 3.53. The number of carbonyl (C=O) groups is 1.